The van der Waals surface area contributed by atoms with Crippen LogP contribution in [0.4, 0.5) is 5.95 Å². The molecule has 0 saturated carbocycles. The summed E-state index contributed by atoms with van der Waals surface area (Å²) in [5.41, 5.74) is 6.27. The normalized spacial score (nSPS) is 19.3. The maximum atomic E-state index is 13.6. The van der Waals surface area contributed by atoms with Gasteiger partial charge in [0.05, 0.1) is 19.6 Å². The highest BCUT2D eigenvalue weighted by atomic mass is 16.5. The molecule has 0 unspecified atom stereocenters. The van der Waals surface area contributed by atoms with Crippen LogP contribution in [0.3, 0.4) is 0 Å². The molecule has 0 spiro atoms. The number of hydrogen-bond acceptors (Lipinski definition) is 8. The Morgan fingerprint density at radius 1 is 1.14 bits per heavy atom. The van der Waals surface area contributed by atoms with Crippen molar-refractivity contribution in [3.63, 3.8) is 0 Å². The van der Waals surface area contributed by atoms with Crippen LogP contribution in [-0.4, -0.2) is 75.4 Å². The van der Waals surface area contributed by atoms with Crippen molar-refractivity contribution in [3.05, 3.63) is 20.8 Å². The molecule has 2 aliphatic rings. The molecule has 4 heterocycles. The summed E-state index contributed by atoms with van der Waals surface area (Å²) in [5, 5.41) is 0. The highest BCUT2D eigenvalue weighted by Crippen LogP contribution is 2.23. The van der Waals surface area contributed by atoms with Crippen LogP contribution in [0.5, 0.6) is 0 Å². The minimum atomic E-state index is -0.370. The number of nitrogens with two attached hydrogens (primary N) is 1. The lowest BCUT2D eigenvalue weighted by Crippen LogP contribution is -2.44. The summed E-state index contributed by atoms with van der Waals surface area (Å²) in [6.45, 7) is 6.19. The van der Waals surface area contributed by atoms with Crippen molar-refractivity contribution in [2.24, 2.45) is 18.7 Å². The molecule has 2 fully saturated rings. The van der Waals surface area contributed by atoms with Gasteiger partial charge in [-0.15, -0.1) is 5.92 Å². The number of carbonyl (C=O) groups excluding carboxylic acids is 1. The van der Waals surface area contributed by atoms with Crippen molar-refractivity contribution >= 4 is 23.1 Å². The van der Waals surface area contributed by atoms with Gasteiger partial charge in [0.15, 0.2) is 11.2 Å². The third-order valence-corrected chi connectivity index (χ3v) is 7.35. The van der Waals surface area contributed by atoms with Crippen molar-refractivity contribution in [2.45, 2.75) is 58.2 Å². The number of ether oxygens (including phenoxy) is 1. The summed E-state index contributed by atoms with van der Waals surface area (Å²) in [5.74, 6) is 6.41. The van der Waals surface area contributed by atoms with E-state index < -0.39 is 0 Å². The number of methoxy groups -OCH3 is 1. The minimum absolute atomic E-state index is 0.0428. The molecule has 0 aromatic carbocycles. The average molecular weight is 500 g/mol. The average Bonchev–Trinajstić information content (AvgIpc) is 3.28. The molecular weight excluding hydrogens is 462 g/mol. The smallest absolute Gasteiger partial charge is 0.332 e. The third kappa shape index (κ3) is 5.20. The zero-order chi connectivity index (χ0) is 25.8. The number of nitrogens with zero attached hydrogens (tertiary/aromatic N) is 6. The van der Waals surface area contributed by atoms with Gasteiger partial charge in [0.25, 0.3) is 5.56 Å². The Morgan fingerprint density at radius 2 is 1.89 bits per heavy atom. The largest absolute Gasteiger partial charge is 0.469 e. The predicted octanol–water partition coefficient (Wildman–Crippen LogP) is 0.123. The number of likely N-dealkylation sites (tertiary alicyclic amines) is 1. The van der Waals surface area contributed by atoms with Crippen LogP contribution in [0.2, 0.25) is 0 Å². The summed E-state index contributed by atoms with van der Waals surface area (Å²) in [4.78, 5) is 47.6. The quantitative estimate of drug-likeness (QED) is 0.421. The number of aryl methyl sites for hydroxylation is 1. The minimum Gasteiger partial charge on any atom is -0.469 e. The molecule has 11 heteroatoms. The van der Waals surface area contributed by atoms with Crippen LogP contribution >= 0.6 is 0 Å². The fourth-order valence-electron chi connectivity index (χ4n) is 5.31. The molecule has 2 aromatic rings. The van der Waals surface area contributed by atoms with Crippen LogP contribution in [0.25, 0.3) is 11.2 Å². The van der Waals surface area contributed by atoms with Crippen molar-refractivity contribution < 1.29 is 9.53 Å². The topological polar surface area (TPSA) is 121 Å². The predicted molar refractivity (Wildman–Crippen MR) is 138 cm³/mol. The van der Waals surface area contributed by atoms with Crippen LogP contribution < -0.4 is 21.9 Å². The third-order valence-electron chi connectivity index (χ3n) is 7.35. The van der Waals surface area contributed by atoms with Gasteiger partial charge in [-0.1, -0.05) is 5.92 Å². The first kappa shape index (κ1) is 26.0. The Bertz CT molecular complexity index is 1270. The Hall–Kier alpha value is -3.10. The van der Waals surface area contributed by atoms with Gasteiger partial charge >= 0.3 is 11.7 Å². The SMILES string of the molecule is CC#CCn1c(N2CCC[C@@H](N)C2)nc2c1c(=O)n(CCCN1CCC(C(=O)OC)CC1)c(=O)n2C. The second-order valence-corrected chi connectivity index (χ2v) is 9.74. The number of aromatic nitrogens is 4. The van der Waals surface area contributed by atoms with E-state index in [0.717, 1.165) is 51.9 Å². The number of rotatable bonds is 7. The van der Waals surface area contributed by atoms with Crippen molar-refractivity contribution in [1.29, 1.82) is 0 Å². The highest BCUT2D eigenvalue weighted by Gasteiger charge is 2.27. The molecule has 196 valence electrons. The second kappa shape index (κ2) is 11.3. The van der Waals surface area contributed by atoms with Gasteiger partial charge in [0.1, 0.15) is 0 Å². The van der Waals surface area contributed by atoms with E-state index in [1.165, 1.54) is 16.2 Å². The fraction of sp³-hybridized carbons (Fsp3) is 0.680. The maximum Gasteiger partial charge on any atom is 0.332 e. The van der Waals surface area contributed by atoms with E-state index >= 15 is 0 Å². The summed E-state index contributed by atoms with van der Waals surface area (Å²) < 4.78 is 9.46. The first-order chi connectivity index (χ1) is 17.3. The maximum absolute atomic E-state index is 13.6. The molecule has 11 nitrogen and oxygen atoms in total. The molecule has 1 atom stereocenters. The number of fused-ring (bicyclic) bond motifs is 1. The number of imidazole rings is 1. The second-order valence-electron chi connectivity index (χ2n) is 9.74. The molecule has 0 aliphatic carbocycles. The van der Waals surface area contributed by atoms with Gasteiger partial charge < -0.3 is 20.3 Å². The van der Waals surface area contributed by atoms with E-state index in [4.69, 9.17) is 15.5 Å². The van der Waals surface area contributed by atoms with Gasteiger partial charge in [-0.3, -0.25) is 23.3 Å². The standard InChI is InChI=1S/C25H37N7O4/c1-4-5-13-31-20-21(27-24(31)30-12-6-8-19(26)17-30)28(2)25(35)32(22(20)33)14-7-11-29-15-9-18(10-16-29)23(34)36-3/h18-19H,6-17,26H2,1-3H3/t19-/m1/s1. The summed E-state index contributed by atoms with van der Waals surface area (Å²) >= 11 is 0. The number of carbonyl (C=O) groups is 1. The van der Waals surface area contributed by atoms with Crippen molar-refractivity contribution in [1.82, 2.24) is 23.6 Å². The molecule has 4 rings (SSSR count). The molecule has 2 aliphatic heterocycles. The first-order valence-corrected chi connectivity index (χ1v) is 12.8. The van der Waals surface area contributed by atoms with Crippen molar-refractivity contribution in [2.75, 3.05) is 44.7 Å². The monoisotopic (exact) mass is 499 g/mol. The molecular formula is C25H37N7O4. The fourth-order valence-corrected chi connectivity index (χ4v) is 5.31. The van der Waals surface area contributed by atoms with Crippen molar-refractivity contribution in [3.8, 4) is 11.8 Å². The van der Waals surface area contributed by atoms with E-state index in [1.807, 2.05) is 4.57 Å². The molecule has 36 heavy (non-hydrogen) atoms. The Balaban J connectivity index is 1.58. The van der Waals surface area contributed by atoms with Crippen LogP contribution in [0.1, 0.15) is 39.0 Å². The summed E-state index contributed by atoms with van der Waals surface area (Å²) in [6, 6.07) is 0.0439. The van der Waals surface area contributed by atoms with E-state index in [0.29, 0.717) is 43.2 Å². The van der Waals surface area contributed by atoms with E-state index in [9.17, 15) is 14.4 Å². The Kier molecular flexibility index (Phi) is 8.16. The lowest BCUT2D eigenvalue weighted by molar-refractivity contribution is -0.147. The van der Waals surface area contributed by atoms with E-state index in [1.54, 1.807) is 14.0 Å². The molecule has 0 bridgehead atoms. The van der Waals surface area contributed by atoms with Crippen LogP contribution in [0, 0.1) is 17.8 Å². The molecule has 0 amide bonds. The summed E-state index contributed by atoms with van der Waals surface area (Å²) in [6.07, 6.45) is 4.09. The van der Waals surface area contributed by atoms with Gasteiger partial charge in [-0.2, -0.15) is 4.98 Å². The molecule has 0 radical (unpaired) electrons. The van der Waals surface area contributed by atoms with Gasteiger partial charge in [0.2, 0.25) is 5.95 Å². The number of anilines is 1. The number of piperidine rings is 2. The lowest BCUT2D eigenvalue weighted by Gasteiger charge is -2.31. The zero-order valence-electron chi connectivity index (χ0n) is 21.5. The summed E-state index contributed by atoms with van der Waals surface area (Å²) in [7, 11) is 3.09. The zero-order valence-corrected chi connectivity index (χ0v) is 21.5. The Labute approximate surface area is 210 Å². The molecule has 2 N–H and O–H groups in total. The Morgan fingerprint density at radius 3 is 2.56 bits per heavy atom. The lowest BCUT2D eigenvalue weighted by atomic mass is 9.97. The number of esters is 1. The molecule has 2 aromatic heterocycles. The van der Waals surface area contributed by atoms with E-state index in [-0.39, 0.29) is 29.2 Å². The van der Waals surface area contributed by atoms with Crippen LogP contribution in [0.15, 0.2) is 9.59 Å². The number of hydrogen-bond donors (Lipinski definition) is 1. The first-order valence-electron chi connectivity index (χ1n) is 12.8. The van der Waals surface area contributed by atoms with Gasteiger partial charge in [-0.25, -0.2) is 4.79 Å². The van der Waals surface area contributed by atoms with Crippen LogP contribution in [-0.2, 0) is 29.7 Å². The highest BCUT2D eigenvalue weighted by molar-refractivity contribution is 5.75. The van der Waals surface area contributed by atoms with E-state index in [2.05, 4.69) is 21.6 Å². The van der Waals surface area contributed by atoms with Gasteiger partial charge in [0, 0.05) is 32.7 Å². The molecule has 2 saturated heterocycles. The van der Waals surface area contributed by atoms with Gasteiger partial charge in [-0.05, 0) is 58.7 Å².